The molecule has 1 aromatic rings. The standard InChI is InChI=1S/C13H19NO4S/c1-2-19(17,18)9-8-13(10-14,12(15)16)11-6-4-3-5-7-11/h3-7H,2,8-10,14H2,1H3,(H,15,16). The van der Waals surface area contributed by atoms with Crippen molar-refractivity contribution in [2.45, 2.75) is 18.8 Å². The molecule has 0 aliphatic carbocycles. The van der Waals surface area contributed by atoms with Crippen molar-refractivity contribution in [3.8, 4) is 0 Å². The molecule has 0 aliphatic rings. The van der Waals surface area contributed by atoms with E-state index in [-0.39, 0.29) is 24.5 Å². The summed E-state index contributed by atoms with van der Waals surface area (Å²) in [6, 6.07) is 8.54. The lowest BCUT2D eigenvalue weighted by Crippen LogP contribution is -2.44. The fourth-order valence-corrected chi connectivity index (χ4v) is 2.86. The second-order valence-electron chi connectivity index (χ2n) is 4.44. The minimum Gasteiger partial charge on any atom is -0.481 e. The summed E-state index contributed by atoms with van der Waals surface area (Å²) in [4.78, 5) is 11.6. The summed E-state index contributed by atoms with van der Waals surface area (Å²) >= 11 is 0. The van der Waals surface area contributed by atoms with E-state index in [1.807, 2.05) is 0 Å². The minimum atomic E-state index is -3.22. The molecule has 0 heterocycles. The first-order valence-electron chi connectivity index (χ1n) is 6.07. The zero-order chi connectivity index (χ0) is 14.5. The second-order valence-corrected chi connectivity index (χ2v) is 6.92. The molecule has 1 unspecified atom stereocenters. The third kappa shape index (κ3) is 3.54. The van der Waals surface area contributed by atoms with E-state index in [0.717, 1.165) is 0 Å². The van der Waals surface area contributed by atoms with Gasteiger partial charge in [-0.3, -0.25) is 4.79 Å². The summed E-state index contributed by atoms with van der Waals surface area (Å²) in [6.07, 6.45) is -0.0149. The lowest BCUT2D eigenvalue weighted by Gasteiger charge is -2.28. The van der Waals surface area contributed by atoms with E-state index in [0.29, 0.717) is 5.56 Å². The Morgan fingerprint density at radius 1 is 1.32 bits per heavy atom. The van der Waals surface area contributed by atoms with E-state index in [1.165, 1.54) is 0 Å². The Labute approximate surface area is 113 Å². The highest BCUT2D eigenvalue weighted by Crippen LogP contribution is 2.28. The molecule has 1 atom stereocenters. The topological polar surface area (TPSA) is 97.5 Å². The van der Waals surface area contributed by atoms with Gasteiger partial charge in [0.1, 0.15) is 15.3 Å². The fraction of sp³-hybridized carbons (Fsp3) is 0.462. The normalized spacial score (nSPS) is 14.8. The molecule has 0 radical (unpaired) electrons. The quantitative estimate of drug-likeness (QED) is 0.772. The van der Waals surface area contributed by atoms with Gasteiger partial charge in [0.2, 0.25) is 0 Å². The highest BCUT2D eigenvalue weighted by molar-refractivity contribution is 7.91. The molecule has 0 bridgehead atoms. The molecular formula is C13H19NO4S. The predicted molar refractivity (Wildman–Crippen MR) is 73.8 cm³/mol. The van der Waals surface area contributed by atoms with Crippen LogP contribution in [0.15, 0.2) is 30.3 Å². The highest BCUT2D eigenvalue weighted by atomic mass is 32.2. The Balaban J connectivity index is 3.12. The summed E-state index contributed by atoms with van der Waals surface area (Å²) in [5.41, 5.74) is 4.83. The van der Waals surface area contributed by atoms with Crippen molar-refractivity contribution < 1.29 is 18.3 Å². The van der Waals surface area contributed by atoms with E-state index in [9.17, 15) is 18.3 Å². The minimum absolute atomic E-state index is 0.00204. The van der Waals surface area contributed by atoms with Gasteiger partial charge in [0.05, 0.1) is 5.75 Å². The number of aliphatic carboxylic acids is 1. The van der Waals surface area contributed by atoms with Crippen molar-refractivity contribution in [1.82, 2.24) is 0 Å². The maximum Gasteiger partial charge on any atom is 0.315 e. The summed E-state index contributed by atoms with van der Waals surface area (Å²) < 4.78 is 23.2. The first-order chi connectivity index (χ1) is 8.88. The monoisotopic (exact) mass is 285 g/mol. The van der Waals surface area contributed by atoms with E-state index in [4.69, 9.17) is 5.73 Å². The van der Waals surface area contributed by atoms with Crippen LogP contribution in [0.1, 0.15) is 18.9 Å². The second kappa shape index (κ2) is 6.16. The summed E-state index contributed by atoms with van der Waals surface area (Å²) in [7, 11) is -3.22. The van der Waals surface area contributed by atoms with Gasteiger partial charge in [0.15, 0.2) is 0 Å². The van der Waals surface area contributed by atoms with Gasteiger partial charge in [-0.1, -0.05) is 37.3 Å². The van der Waals surface area contributed by atoms with Gasteiger partial charge in [-0.25, -0.2) is 8.42 Å². The van der Waals surface area contributed by atoms with Crippen LogP contribution in [0.25, 0.3) is 0 Å². The Morgan fingerprint density at radius 2 is 1.89 bits per heavy atom. The van der Waals surface area contributed by atoms with Crippen LogP contribution in [0.3, 0.4) is 0 Å². The molecule has 1 rings (SSSR count). The average Bonchev–Trinajstić information content (AvgIpc) is 2.41. The van der Waals surface area contributed by atoms with E-state index in [2.05, 4.69) is 0 Å². The Hall–Kier alpha value is -1.40. The van der Waals surface area contributed by atoms with Crippen LogP contribution < -0.4 is 5.73 Å². The van der Waals surface area contributed by atoms with Gasteiger partial charge < -0.3 is 10.8 Å². The van der Waals surface area contributed by atoms with Crippen LogP contribution in [-0.4, -0.2) is 37.5 Å². The Kier molecular flexibility index (Phi) is 5.08. The molecule has 19 heavy (non-hydrogen) atoms. The maximum atomic E-state index is 11.6. The number of sulfone groups is 1. The van der Waals surface area contributed by atoms with Crippen LogP contribution in [-0.2, 0) is 20.0 Å². The highest BCUT2D eigenvalue weighted by Gasteiger charge is 2.39. The Bertz CT molecular complexity index is 527. The lowest BCUT2D eigenvalue weighted by atomic mass is 9.78. The van der Waals surface area contributed by atoms with Gasteiger partial charge >= 0.3 is 5.97 Å². The van der Waals surface area contributed by atoms with Crippen LogP contribution in [0.5, 0.6) is 0 Å². The van der Waals surface area contributed by atoms with Gasteiger partial charge in [-0.15, -0.1) is 0 Å². The molecule has 0 amide bonds. The number of nitrogens with two attached hydrogens (primary N) is 1. The van der Waals surface area contributed by atoms with Crippen LogP contribution in [0, 0.1) is 0 Å². The zero-order valence-electron chi connectivity index (χ0n) is 10.9. The number of hydrogen-bond donors (Lipinski definition) is 2. The summed E-state index contributed by atoms with van der Waals surface area (Å²) in [6.45, 7) is 1.41. The molecule has 5 nitrogen and oxygen atoms in total. The van der Waals surface area contributed by atoms with Crippen molar-refractivity contribution in [3.63, 3.8) is 0 Å². The van der Waals surface area contributed by atoms with Gasteiger partial charge in [0.25, 0.3) is 0 Å². The first kappa shape index (κ1) is 15.7. The molecule has 1 aromatic carbocycles. The predicted octanol–water partition coefficient (Wildman–Crippen LogP) is 0.793. The van der Waals surface area contributed by atoms with Gasteiger partial charge in [-0.2, -0.15) is 0 Å². The fourth-order valence-electron chi connectivity index (χ4n) is 1.91. The van der Waals surface area contributed by atoms with Gasteiger partial charge in [0, 0.05) is 12.3 Å². The number of carboxylic acids is 1. The molecule has 3 N–H and O–H groups in total. The average molecular weight is 285 g/mol. The molecule has 106 valence electrons. The third-order valence-electron chi connectivity index (χ3n) is 3.36. The van der Waals surface area contributed by atoms with Crippen molar-refractivity contribution in [3.05, 3.63) is 35.9 Å². The molecule has 0 spiro atoms. The molecule has 0 aromatic heterocycles. The lowest BCUT2D eigenvalue weighted by molar-refractivity contribution is -0.143. The van der Waals surface area contributed by atoms with E-state index < -0.39 is 21.2 Å². The van der Waals surface area contributed by atoms with Crippen molar-refractivity contribution in [2.24, 2.45) is 5.73 Å². The number of hydrogen-bond acceptors (Lipinski definition) is 4. The number of rotatable bonds is 7. The molecule has 0 aliphatic heterocycles. The van der Waals surface area contributed by atoms with Crippen LogP contribution >= 0.6 is 0 Å². The Morgan fingerprint density at radius 3 is 2.32 bits per heavy atom. The zero-order valence-corrected chi connectivity index (χ0v) is 11.7. The first-order valence-corrected chi connectivity index (χ1v) is 7.89. The van der Waals surface area contributed by atoms with Crippen LogP contribution in [0.4, 0.5) is 0 Å². The maximum absolute atomic E-state index is 11.6. The summed E-state index contributed by atoms with van der Waals surface area (Å²) in [5.74, 6) is -1.27. The largest absolute Gasteiger partial charge is 0.481 e. The van der Waals surface area contributed by atoms with Crippen molar-refractivity contribution in [2.75, 3.05) is 18.1 Å². The van der Waals surface area contributed by atoms with E-state index >= 15 is 0 Å². The molecule has 0 saturated heterocycles. The number of benzene rings is 1. The van der Waals surface area contributed by atoms with Crippen LogP contribution in [0.2, 0.25) is 0 Å². The van der Waals surface area contributed by atoms with Crippen molar-refractivity contribution >= 4 is 15.8 Å². The molecule has 6 heteroatoms. The smallest absolute Gasteiger partial charge is 0.315 e. The third-order valence-corrected chi connectivity index (χ3v) is 5.07. The summed E-state index contributed by atoms with van der Waals surface area (Å²) in [5, 5.41) is 9.47. The van der Waals surface area contributed by atoms with Gasteiger partial charge in [-0.05, 0) is 12.0 Å². The number of carbonyl (C=O) groups is 1. The SMILES string of the molecule is CCS(=O)(=O)CCC(CN)(C(=O)O)c1ccccc1. The molecular weight excluding hydrogens is 266 g/mol. The van der Waals surface area contributed by atoms with Crippen molar-refractivity contribution in [1.29, 1.82) is 0 Å². The number of carboxylic acid groups (broad SMARTS) is 1. The van der Waals surface area contributed by atoms with E-state index in [1.54, 1.807) is 37.3 Å². The molecule has 0 saturated carbocycles. The molecule has 0 fully saturated rings.